The molecule has 0 bridgehead atoms. The van der Waals surface area contributed by atoms with E-state index in [1.165, 1.54) is 16.5 Å². The van der Waals surface area contributed by atoms with Crippen LogP contribution in [0.15, 0.2) is 18.9 Å². The number of nitrogens with zero attached hydrogens (tertiary/aromatic N) is 3. The van der Waals surface area contributed by atoms with Gasteiger partial charge in [-0.15, -0.1) is 0 Å². The second-order valence-corrected chi connectivity index (χ2v) is 5.50. The molecule has 0 radical (unpaired) electrons. The summed E-state index contributed by atoms with van der Waals surface area (Å²) in [5.74, 6) is 0.225. The summed E-state index contributed by atoms with van der Waals surface area (Å²) in [5.41, 5.74) is 2.36. The molecule has 114 valence electrons. The Morgan fingerprint density at radius 2 is 2.19 bits per heavy atom. The third-order valence-corrected chi connectivity index (χ3v) is 4.08. The van der Waals surface area contributed by atoms with E-state index in [-0.39, 0.29) is 18.4 Å². The molecule has 2 amide bonds. The summed E-state index contributed by atoms with van der Waals surface area (Å²) < 4.78 is 0. The first-order valence-corrected chi connectivity index (χ1v) is 7.18. The Morgan fingerprint density at radius 3 is 2.71 bits per heavy atom. The van der Waals surface area contributed by atoms with Crippen LogP contribution >= 0.6 is 0 Å². The SMILES string of the molecule is C=CC(=O)N(C)CC(=O)N1CCC(c2cn[nH]c2C)CC1. The van der Waals surface area contributed by atoms with E-state index < -0.39 is 0 Å². The van der Waals surface area contributed by atoms with Crippen molar-refractivity contribution >= 4 is 11.8 Å². The second kappa shape index (κ2) is 6.56. The first-order valence-electron chi connectivity index (χ1n) is 7.18. The third kappa shape index (κ3) is 3.51. The summed E-state index contributed by atoms with van der Waals surface area (Å²) in [5, 5.41) is 7.02. The number of rotatable bonds is 4. The first-order chi connectivity index (χ1) is 10.0. The Hall–Kier alpha value is -2.11. The first kappa shape index (κ1) is 15.3. The molecule has 6 heteroatoms. The Labute approximate surface area is 124 Å². The number of piperidine rings is 1. The molecule has 1 aromatic heterocycles. The summed E-state index contributed by atoms with van der Waals surface area (Å²) in [7, 11) is 1.61. The van der Waals surface area contributed by atoms with E-state index >= 15 is 0 Å². The lowest BCUT2D eigenvalue weighted by Gasteiger charge is -2.33. The van der Waals surface area contributed by atoms with Crippen LogP contribution in [0.5, 0.6) is 0 Å². The quantitative estimate of drug-likeness (QED) is 0.843. The van der Waals surface area contributed by atoms with Crippen molar-refractivity contribution in [2.45, 2.75) is 25.7 Å². The van der Waals surface area contributed by atoms with E-state index in [4.69, 9.17) is 0 Å². The van der Waals surface area contributed by atoms with Crippen LogP contribution in [-0.4, -0.2) is 58.5 Å². The lowest BCUT2D eigenvalue weighted by molar-refractivity contribution is -0.138. The molecular formula is C15H22N4O2. The van der Waals surface area contributed by atoms with Crippen LogP contribution in [0.3, 0.4) is 0 Å². The third-order valence-electron chi connectivity index (χ3n) is 4.08. The highest BCUT2D eigenvalue weighted by atomic mass is 16.2. The number of nitrogens with one attached hydrogen (secondary N) is 1. The normalized spacial score (nSPS) is 15.8. The zero-order valence-electron chi connectivity index (χ0n) is 12.6. The van der Waals surface area contributed by atoms with Crippen molar-refractivity contribution in [3.05, 3.63) is 30.1 Å². The van der Waals surface area contributed by atoms with Crippen molar-refractivity contribution in [1.29, 1.82) is 0 Å². The summed E-state index contributed by atoms with van der Waals surface area (Å²) in [6.45, 7) is 7.01. The van der Waals surface area contributed by atoms with E-state index in [0.29, 0.717) is 5.92 Å². The number of aromatic nitrogens is 2. The molecule has 21 heavy (non-hydrogen) atoms. The predicted molar refractivity (Wildman–Crippen MR) is 79.7 cm³/mol. The van der Waals surface area contributed by atoms with Gasteiger partial charge in [0.05, 0.1) is 12.7 Å². The predicted octanol–water partition coefficient (Wildman–Crippen LogP) is 1.07. The average molecular weight is 290 g/mol. The van der Waals surface area contributed by atoms with Crippen LogP contribution in [0.1, 0.15) is 30.0 Å². The van der Waals surface area contributed by atoms with E-state index in [1.54, 1.807) is 7.05 Å². The minimum atomic E-state index is -0.229. The number of hydrogen-bond donors (Lipinski definition) is 1. The van der Waals surface area contributed by atoms with E-state index in [0.717, 1.165) is 31.6 Å². The van der Waals surface area contributed by atoms with Crippen molar-refractivity contribution in [3.8, 4) is 0 Å². The Morgan fingerprint density at radius 1 is 1.52 bits per heavy atom. The fourth-order valence-electron chi connectivity index (χ4n) is 2.75. The van der Waals surface area contributed by atoms with E-state index in [9.17, 15) is 9.59 Å². The Kier molecular flexibility index (Phi) is 4.77. The largest absolute Gasteiger partial charge is 0.341 e. The van der Waals surface area contributed by atoms with Crippen molar-refractivity contribution in [2.75, 3.05) is 26.7 Å². The topological polar surface area (TPSA) is 69.3 Å². The molecule has 1 fully saturated rings. The van der Waals surface area contributed by atoms with Crippen molar-refractivity contribution in [2.24, 2.45) is 0 Å². The molecule has 1 aliphatic rings. The maximum absolute atomic E-state index is 12.2. The summed E-state index contributed by atoms with van der Waals surface area (Å²) in [6, 6.07) is 0. The van der Waals surface area contributed by atoms with Gasteiger partial charge in [-0.3, -0.25) is 14.7 Å². The molecule has 0 aromatic carbocycles. The molecular weight excluding hydrogens is 268 g/mol. The van der Waals surface area contributed by atoms with Gasteiger partial charge in [-0.1, -0.05) is 6.58 Å². The summed E-state index contributed by atoms with van der Waals surface area (Å²) >= 11 is 0. The lowest BCUT2D eigenvalue weighted by Crippen LogP contribution is -2.44. The highest BCUT2D eigenvalue weighted by Crippen LogP contribution is 2.29. The van der Waals surface area contributed by atoms with Crippen LogP contribution < -0.4 is 0 Å². The van der Waals surface area contributed by atoms with Gasteiger partial charge in [0.1, 0.15) is 0 Å². The van der Waals surface area contributed by atoms with Crippen LogP contribution in [0.2, 0.25) is 0 Å². The van der Waals surface area contributed by atoms with Crippen molar-refractivity contribution in [3.63, 3.8) is 0 Å². The smallest absolute Gasteiger partial charge is 0.246 e. The number of carbonyl (C=O) groups is 2. The minimum Gasteiger partial charge on any atom is -0.341 e. The van der Waals surface area contributed by atoms with E-state index in [2.05, 4.69) is 16.8 Å². The number of aromatic amines is 1. The zero-order chi connectivity index (χ0) is 15.4. The molecule has 6 nitrogen and oxygen atoms in total. The van der Waals surface area contributed by atoms with Crippen molar-refractivity contribution < 1.29 is 9.59 Å². The molecule has 0 atom stereocenters. The van der Waals surface area contributed by atoms with Crippen molar-refractivity contribution in [1.82, 2.24) is 20.0 Å². The van der Waals surface area contributed by atoms with Gasteiger partial charge in [0.15, 0.2) is 0 Å². The Bertz CT molecular complexity index is 530. The number of hydrogen-bond acceptors (Lipinski definition) is 3. The molecule has 1 aromatic rings. The molecule has 2 rings (SSSR count). The van der Waals surface area contributed by atoms with Gasteiger partial charge in [-0.25, -0.2) is 0 Å². The molecule has 1 saturated heterocycles. The summed E-state index contributed by atoms with van der Waals surface area (Å²) in [4.78, 5) is 26.8. The van der Waals surface area contributed by atoms with Crippen LogP contribution in [0.25, 0.3) is 0 Å². The maximum atomic E-state index is 12.2. The zero-order valence-corrected chi connectivity index (χ0v) is 12.6. The van der Waals surface area contributed by atoms with Gasteiger partial charge < -0.3 is 9.80 Å². The van der Waals surface area contributed by atoms with Gasteiger partial charge in [0.25, 0.3) is 0 Å². The monoisotopic (exact) mass is 290 g/mol. The lowest BCUT2D eigenvalue weighted by atomic mass is 9.90. The fraction of sp³-hybridized carbons (Fsp3) is 0.533. The number of likely N-dealkylation sites (N-methyl/N-ethyl adjacent to an activating group) is 1. The van der Waals surface area contributed by atoms with Crippen LogP contribution in [0.4, 0.5) is 0 Å². The maximum Gasteiger partial charge on any atom is 0.246 e. The van der Waals surface area contributed by atoms with Gasteiger partial charge in [0, 0.05) is 25.8 Å². The Balaban J connectivity index is 1.86. The number of H-pyrrole nitrogens is 1. The standard InChI is InChI=1S/C15H22N4O2/c1-4-14(20)18(3)10-15(21)19-7-5-12(6-8-19)13-9-16-17-11(13)2/h4,9,12H,1,5-8,10H2,2-3H3,(H,16,17). The highest BCUT2D eigenvalue weighted by molar-refractivity contribution is 5.90. The number of likely N-dealkylation sites (tertiary alicyclic amines) is 1. The minimum absolute atomic E-state index is 0.00457. The molecule has 2 heterocycles. The number of aryl methyl sites for hydroxylation is 1. The van der Waals surface area contributed by atoms with Gasteiger partial charge in [-0.2, -0.15) is 5.10 Å². The molecule has 0 spiro atoms. The molecule has 0 aliphatic carbocycles. The van der Waals surface area contributed by atoms with Crippen LogP contribution in [-0.2, 0) is 9.59 Å². The molecule has 1 aliphatic heterocycles. The van der Waals surface area contributed by atoms with Gasteiger partial charge >= 0.3 is 0 Å². The molecule has 1 N–H and O–H groups in total. The number of amides is 2. The number of carbonyl (C=O) groups excluding carboxylic acids is 2. The van der Waals surface area contributed by atoms with E-state index in [1.807, 2.05) is 18.0 Å². The second-order valence-electron chi connectivity index (χ2n) is 5.50. The fourth-order valence-corrected chi connectivity index (χ4v) is 2.75. The molecule has 0 saturated carbocycles. The van der Waals surface area contributed by atoms with Gasteiger partial charge in [0.2, 0.25) is 11.8 Å². The average Bonchev–Trinajstić information content (AvgIpc) is 2.92. The summed E-state index contributed by atoms with van der Waals surface area (Å²) in [6.07, 6.45) is 4.98. The molecule has 0 unspecified atom stereocenters. The van der Waals surface area contributed by atoms with Crippen LogP contribution in [0, 0.1) is 6.92 Å². The highest BCUT2D eigenvalue weighted by Gasteiger charge is 2.26. The van der Waals surface area contributed by atoms with Gasteiger partial charge in [-0.05, 0) is 37.3 Å².